The molecule has 0 atom stereocenters. The van der Waals surface area contributed by atoms with E-state index in [1.165, 1.54) is 16.7 Å². The summed E-state index contributed by atoms with van der Waals surface area (Å²) in [4.78, 5) is 0. The smallest absolute Gasteiger partial charge is 0.135 e. The first kappa shape index (κ1) is 31.7. The highest BCUT2D eigenvalue weighted by molar-refractivity contribution is 6.10. The first-order valence-corrected chi connectivity index (χ1v) is 19.3. The SMILES string of the molecule is c1ccc(-c2cccc(-c3ccc4oc5ccc(-c6cccc(-c7ccc8oc9ccc(-c%10ccc%11oc%12ccccc%12c%11c%10)cc9c8c7)c6)cc5c4c3)c2)cc1. The zero-order chi connectivity index (χ0) is 37.5. The van der Waals surface area contributed by atoms with E-state index in [0.29, 0.717) is 0 Å². The summed E-state index contributed by atoms with van der Waals surface area (Å²) in [6.45, 7) is 0. The number of para-hydroxylation sites is 1. The standard InChI is InChI=1S/C54H32O3/c1-2-8-33(9-3-1)34-10-6-11-35(26-34)38-16-22-51-45(29-38)46-30-39(17-23-52(46)56-51)36-12-7-13-37(27-36)40-18-24-53-47(31-40)48-32-42(20-25-54(48)57-53)41-19-21-50-44(28-41)43-14-4-5-15-49(43)55-50/h1-32H. The molecule has 9 aromatic carbocycles. The highest BCUT2D eigenvalue weighted by Crippen LogP contribution is 2.39. The molecule has 3 heterocycles. The fourth-order valence-corrected chi connectivity index (χ4v) is 8.57. The van der Waals surface area contributed by atoms with E-state index >= 15 is 0 Å². The fourth-order valence-electron chi connectivity index (χ4n) is 8.57. The Kier molecular flexibility index (Phi) is 6.93. The third-order valence-corrected chi connectivity index (χ3v) is 11.5. The lowest BCUT2D eigenvalue weighted by atomic mass is 9.96. The van der Waals surface area contributed by atoms with Crippen molar-refractivity contribution in [1.82, 2.24) is 0 Å². The Balaban J connectivity index is 0.902. The fraction of sp³-hybridized carbons (Fsp3) is 0. The van der Waals surface area contributed by atoms with Gasteiger partial charge in [0.1, 0.15) is 33.5 Å². The monoisotopic (exact) mass is 728 g/mol. The molecule has 57 heavy (non-hydrogen) atoms. The van der Waals surface area contributed by atoms with E-state index in [2.05, 4.69) is 182 Å². The summed E-state index contributed by atoms with van der Waals surface area (Å²) < 4.78 is 18.8. The molecule has 0 saturated heterocycles. The highest BCUT2D eigenvalue weighted by Gasteiger charge is 2.15. The van der Waals surface area contributed by atoms with Crippen LogP contribution < -0.4 is 0 Å². The van der Waals surface area contributed by atoms with Crippen LogP contribution in [0.3, 0.4) is 0 Å². The van der Waals surface area contributed by atoms with Crippen molar-refractivity contribution in [3.05, 3.63) is 194 Å². The maximum Gasteiger partial charge on any atom is 0.135 e. The Morgan fingerprint density at radius 2 is 0.456 bits per heavy atom. The van der Waals surface area contributed by atoms with E-state index in [4.69, 9.17) is 13.3 Å². The van der Waals surface area contributed by atoms with Crippen molar-refractivity contribution >= 4 is 65.8 Å². The second-order valence-corrected chi connectivity index (χ2v) is 14.9. The van der Waals surface area contributed by atoms with Crippen LogP contribution in [0.2, 0.25) is 0 Å². The van der Waals surface area contributed by atoms with Crippen molar-refractivity contribution in [2.45, 2.75) is 0 Å². The van der Waals surface area contributed by atoms with E-state index < -0.39 is 0 Å². The van der Waals surface area contributed by atoms with Crippen LogP contribution >= 0.6 is 0 Å². The summed E-state index contributed by atoms with van der Waals surface area (Å²) in [6.07, 6.45) is 0. The minimum atomic E-state index is 0.877. The molecule has 0 bridgehead atoms. The first-order chi connectivity index (χ1) is 28.2. The van der Waals surface area contributed by atoms with Gasteiger partial charge in [-0.1, -0.05) is 115 Å². The van der Waals surface area contributed by atoms with Gasteiger partial charge in [-0.05, 0) is 134 Å². The number of rotatable bonds is 5. The van der Waals surface area contributed by atoms with Gasteiger partial charge in [-0.15, -0.1) is 0 Å². The molecule has 3 aromatic heterocycles. The van der Waals surface area contributed by atoms with Gasteiger partial charge in [-0.3, -0.25) is 0 Å². The zero-order valence-electron chi connectivity index (χ0n) is 30.7. The maximum atomic E-state index is 6.35. The topological polar surface area (TPSA) is 39.4 Å². The molecule has 0 spiro atoms. The maximum absolute atomic E-state index is 6.35. The second kappa shape index (κ2) is 12.5. The van der Waals surface area contributed by atoms with Gasteiger partial charge < -0.3 is 13.3 Å². The Bertz CT molecular complexity index is 3520. The van der Waals surface area contributed by atoms with Crippen LogP contribution in [-0.2, 0) is 0 Å². The molecule has 0 saturated carbocycles. The van der Waals surface area contributed by atoms with Crippen molar-refractivity contribution in [3.8, 4) is 55.6 Å². The number of benzene rings is 9. The number of hydrogen-bond acceptors (Lipinski definition) is 3. The van der Waals surface area contributed by atoms with Gasteiger partial charge >= 0.3 is 0 Å². The molecule has 0 amide bonds. The average Bonchev–Trinajstić information content (AvgIpc) is 3.96. The second-order valence-electron chi connectivity index (χ2n) is 14.9. The van der Waals surface area contributed by atoms with Crippen LogP contribution in [0.1, 0.15) is 0 Å². The number of fused-ring (bicyclic) bond motifs is 9. The van der Waals surface area contributed by atoms with E-state index in [1.54, 1.807) is 0 Å². The highest BCUT2D eigenvalue weighted by atomic mass is 16.3. The molecule has 3 nitrogen and oxygen atoms in total. The molecule has 266 valence electrons. The first-order valence-electron chi connectivity index (χ1n) is 19.3. The lowest BCUT2D eigenvalue weighted by Gasteiger charge is -2.07. The van der Waals surface area contributed by atoms with E-state index in [0.717, 1.165) is 105 Å². The van der Waals surface area contributed by atoms with Gasteiger partial charge in [0.25, 0.3) is 0 Å². The van der Waals surface area contributed by atoms with Crippen molar-refractivity contribution in [2.24, 2.45) is 0 Å². The minimum Gasteiger partial charge on any atom is -0.456 e. The number of furan rings is 3. The predicted octanol–water partition coefficient (Wildman–Crippen LogP) is 15.7. The molecule has 0 radical (unpaired) electrons. The van der Waals surface area contributed by atoms with Crippen molar-refractivity contribution < 1.29 is 13.3 Å². The number of hydrogen-bond donors (Lipinski definition) is 0. The summed E-state index contributed by atoms with van der Waals surface area (Å²) in [7, 11) is 0. The lowest BCUT2D eigenvalue weighted by Crippen LogP contribution is -1.83. The minimum absolute atomic E-state index is 0.877. The van der Waals surface area contributed by atoms with E-state index in [-0.39, 0.29) is 0 Å². The largest absolute Gasteiger partial charge is 0.456 e. The summed E-state index contributed by atoms with van der Waals surface area (Å²) in [5.74, 6) is 0. The molecule has 0 aliphatic rings. The molecule has 0 aliphatic heterocycles. The van der Waals surface area contributed by atoms with Gasteiger partial charge in [-0.2, -0.15) is 0 Å². The normalized spacial score (nSPS) is 11.9. The quantitative estimate of drug-likeness (QED) is 0.177. The predicted molar refractivity (Wildman–Crippen MR) is 235 cm³/mol. The van der Waals surface area contributed by atoms with E-state index in [1.807, 2.05) is 12.1 Å². The molecule has 0 unspecified atom stereocenters. The van der Waals surface area contributed by atoms with Crippen LogP contribution in [-0.4, -0.2) is 0 Å². The van der Waals surface area contributed by atoms with Crippen LogP contribution in [0, 0.1) is 0 Å². The molecular weight excluding hydrogens is 697 g/mol. The average molecular weight is 729 g/mol. The molecule has 12 rings (SSSR count). The van der Waals surface area contributed by atoms with Gasteiger partial charge in [0, 0.05) is 32.3 Å². The molecule has 12 aromatic rings. The Hall–Kier alpha value is -7.62. The molecule has 0 N–H and O–H groups in total. The van der Waals surface area contributed by atoms with Gasteiger partial charge in [0.15, 0.2) is 0 Å². The van der Waals surface area contributed by atoms with Gasteiger partial charge in [0.05, 0.1) is 0 Å². The van der Waals surface area contributed by atoms with Crippen LogP contribution in [0.25, 0.3) is 121 Å². The van der Waals surface area contributed by atoms with Crippen LogP contribution in [0.4, 0.5) is 0 Å². The third kappa shape index (κ3) is 5.28. The third-order valence-electron chi connectivity index (χ3n) is 11.5. The zero-order valence-corrected chi connectivity index (χ0v) is 30.7. The lowest BCUT2D eigenvalue weighted by molar-refractivity contribution is 0.668. The van der Waals surface area contributed by atoms with Crippen molar-refractivity contribution in [1.29, 1.82) is 0 Å². The van der Waals surface area contributed by atoms with Crippen molar-refractivity contribution in [2.75, 3.05) is 0 Å². The Labute approximate surface area is 327 Å². The van der Waals surface area contributed by atoms with Crippen LogP contribution in [0.15, 0.2) is 207 Å². The molecule has 3 heteroatoms. The van der Waals surface area contributed by atoms with Crippen molar-refractivity contribution in [3.63, 3.8) is 0 Å². The van der Waals surface area contributed by atoms with Gasteiger partial charge in [-0.25, -0.2) is 0 Å². The van der Waals surface area contributed by atoms with Crippen LogP contribution in [0.5, 0.6) is 0 Å². The summed E-state index contributed by atoms with van der Waals surface area (Å²) >= 11 is 0. The van der Waals surface area contributed by atoms with Gasteiger partial charge in [0.2, 0.25) is 0 Å². The Morgan fingerprint density at radius 1 is 0.175 bits per heavy atom. The summed E-state index contributed by atoms with van der Waals surface area (Å²) in [5.41, 5.74) is 17.0. The Morgan fingerprint density at radius 3 is 0.860 bits per heavy atom. The molecule has 0 aliphatic carbocycles. The van der Waals surface area contributed by atoms with E-state index in [9.17, 15) is 0 Å². The summed E-state index contributed by atoms with van der Waals surface area (Å²) in [6, 6.07) is 68.8. The molecule has 0 fully saturated rings. The summed E-state index contributed by atoms with van der Waals surface area (Å²) in [5, 5.41) is 6.67. The molecular formula is C54H32O3.